The smallest absolute Gasteiger partial charge is 0.243 e. The van der Waals surface area contributed by atoms with Crippen LogP contribution in [-0.4, -0.2) is 24.4 Å². The fraction of sp³-hybridized carbons (Fsp3) is 0.385. The number of nitrogens with two attached hydrogens (primary N) is 1. The highest BCUT2D eigenvalue weighted by atomic mass is 35.5. The summed E-state index contributed by atoms with van der Waals surface area (Å²) in [5.41, 5.74) is 6.17. The zero-order valence-electron chi connectivity index (χ0n) is 11.7. The van der Waals surface area contributed by atoms with Crippen LogP contribution in [0, 0.1) is 5.92 Å². The minimum absolute atomic E-state index is 0. The van der Waals surface area contributed by atoms with Gasteiger partial charge in [-0.05, 0) is 24.1 Å². The molecular weight excluding hydrogens is 337 g/mol. The average Bonchev–Trinajstić information content (AvgIpc) is 2.39. The maximum Gasteiger partial charge on any atom is 0.243 e. The van der Waals surface area contributed by atoms with Gasteiger partial charge in [0.1, 0.15) is 0 Å². The Balaban J connectivity index is 0.00000400. The van der Waals surface area contributed by atoms with E-state index in [0.29, 0.717) is 15.7 Å². The van der Waals surface area contributed by atoms with Gasteiger partial charge in [-0.25, -0.2) is 0 Å². The zero-order valence-corrected chi connectivity index (χ0v) is 14.0. The second kappa shape index (κ2) is 9.10. The summed E-state index contributed by atoms with van der Waals surface area (Å²) in [7, 11) is 0. The summed E-state index contributed by atoms with van der Waals surface area (Å²) < 4.78 is 0. The largest absolute Gasteiger partial charge is 0.346 e. The molecule has 0 aliphatic rings. The molecule has 0 radical (unpaired) electrons. The molecule has 0 fully saturated rings. The number of halogens is 3. The first kappa shape index (κ1) is 20.0. The van der Waals surface area contributed by atoms with Crippen molar-refractivity contribution in [3.05, 3.63) is 28.2 Å². The monoisotopic (exact) mass is 353 g/mol. The van der Waals surface area contributed by atoms with Gasteiger partial charge in [-0.3, -0.25) is 9.59 Å². The number of carbonyl (C=O) groups excluding carboxylic acids is 2. The molecule has 0 saturated carbocycles. The molecule has 0 bridgehead atoms. The maximum atomic E-state index is 11.7. The minimum atomic E-state index is -0.632. The van der Waals surface area contributed by atoms with Crippen LogP contribution in [0.25, 0.3) is 0 Å². The SMILES string of the molecule is CC(C)[C@H](N)C(=O)NCC(=O)Nc1ccc(Cl)c(Cl)c1.Cl. The predicted molar refractivity (Wildman–Crippen MR) is 88.2 cm³/mol. The van der Waals surface area contributed by atoms with Crippen LogP contribution >= 0.6 is 35.6 Å². The summed E-state index contributed by atoms with van der Waals surface area (Å²) in [5, 5.41) is 5.82. The average molecular weight is 355 g/mol. The third-order valence-corrected chi connectivity index (χ3v) is 3.39. The number of hydrogen-bond acceptors (Lipinski definition) is 3. The molecule has 21 heavy (non-hydrogen) atoms. The molecule has 1 aromatic rings. The zero-order chi connectivity index (χ0) is 15.3. The van der Waals surface area contributed by atoms with Crippen molar-refractivity contribution in [2.45, 2.75) is 19.9 Å². The number of carbonyl (C=O) groups is 2. The molecule has 0 unspecified atom stereocenters. The van der Waals surface area contributed by atoms with E-state index in [0.717, 1.165) is 0 Å². The Bertz CT molecular complexity index is 509. The molecule has 4 N–H and O–H groups in total. The highest BCUT2D eigenvalue weighted by molar-refractivity contribution is 6.42. The predicted octanol–water partition coefficient (Wildman–Crippen LogP) is 2.45. The quantitative estimate of drug-likeness (QED) is 0.759. The molecule has 1 aromatic carbocycles. The highest BCUT2D eigenvalue weighted by Crippen LogP contribution is 2.24. The summed E-state index contributed by atoms with van der Waals surface area (Å²) >= 11 is 11.6. The van der Waals surface area contributed by atoms with Gasteiger partial charge in [-0.1, -0.05) is 37.0 Å². The molecule has 0 aromatic heterocycles. The maximum absolute atomic E-state index is 11.7. The van der Waals surface area contributed by atoms with Crippen LogP contribution in [0.15, 0.2) is 18.2 Å². The second-order valence-electron chi connectivity index (χ2n) is 4.66. The Morgan fingerprint density at radius 3 is 2.38 bits per heavy atom. The van der Waals surface area contributed by atoms with Gasteiger partial charge in [-0.15, -0.1) is 12.4 Å². The van der Waals surface area contributed by atoms with E-state index in [2.05, 4.69) is 10.6 Å². The Hall–Kier alpha value is -1.01. The van der Waals surface area contributed by atoms with E-state index in [-0.39, 0.29) is 36.7 Å². The van der Waals surface area contributed by atoms with E-state index in [9.17, 15) is 9.59 Å². The molecule has 0 aliphatic carbocycles. The van der Waals surface area contributed by atoms with E-state index in [4.69, 9.17) is 28.9 Å². The first-order chi connectivity index (χ1) is 9.31. The minimum Gasteiger partial charge on any atom is -0.346 e. The van der Waals surface area contributed by atoms with Gasteiger partial charge in [0.25, 0.3) is 0 Å². The Morgan fingerprint density at radius 2 is 1.86 bits per heavy atom. The molecule has 2 amide bonds. The van der Waals surface area contributed by atoms with Gasteiger partial charge >= 0.3 is 0 Å². The van der Waals surface area contributed by atoms with Crippen LogP contribution in [0.1, 0.15) is 13.8 Å². The topological polar surface area (TPSA) is 84.2 Å². The standard InChI is InChI=1S/C13H17Cl2N3O2.ClH/c1-7(2)12(16)13(20)17-6-11(19)18-8-3-4-9(14)10(15)5-8;/h3-5,7,12H,6,16H2,1-2H3,(H,17,20)(H,18,19);1H/t12-;/m0./s1. The third kappa shape index (κ3) is 6.52. The Labute approximate surface area is 140 Å². The van der Waals surface area contributed by atoms with Crippen LogP contribution in [0.2, 0.25) is 10.0 Å². The van der Waals surface area contributed by atoms with Gasteiger partial charge in [0.15, 0.2) is 0 Å². The number of rotatable bonds is 5. The van der Waals surface area contributed by atoms with Crippen LogP contribution in [-0.2, 0) is 9.59 Å². The molecule has 0 heterocycles. The lowest BCUT2D eigenvalue weighted by Gasteiger charge is -2.15. The van der Waals surface area contributed by atoms with E-state index in [1.807, 2.05) is 13.8 Å². The Kier molecular flexibility index (Phi) is 8.66. The second-order valence-corrected chi connectivity index (χ2v) is 5.48. The fourth-order valence-corrected chi connectivity index (χ4v) is 1.67. The molecule has 0 aliphatic heterocycles. The van der Waals surface area contributed by atoms with Crippen LogP contribution < -0.4 is 16.4 Å². The summed E-state index contributed by atoms with van der Waals surface area (Å²) in [5.74, 6) is -0.717. The van der Waals surface area contributed by atoms with Crippen molar-refractivity contribution in [3.8, 4) is 0 Å². The summed E-state index contributed by atoms with van der Waals surface area (Å²) in [6.07, 6.45) is 0. The molecule has 5 nitrogen and oxygen atoms in total. The summed E-state index contributed by atoms with van der Waals surface area (Å²) in [4.78, 5) is 23.2. The lowest BCUT2D eigenvalue weighted by molar-refractivity contribution is -0.125. The van der Waals surface area contributed by atoms with Gasteiger partial charge in [0.2, 0.25) is 11.8 Å². The van der Waals surface area contributed by atoms with E-state index in [1.165, 1.54) is 6.07 Å². The highest BCUT2D eigenvalue weighted by Gasteiger charge is 2.17. The molecule has 118 valence electrons. The van der Waals surface area contributed by atoms with Gasteiger partial charge < -0.3 is 16.4 Å². The number of nitrogens with one attached hydrogen (secondary N) is 2. The molecule has 1 atom stereocenters. The fourth-order valence-electron chi connectivity index (χ4n) is 1.37. The van der Waals surface area contributed by atoms with Crippen LogP contribution in [0.4, 0.5) is 5.69 Å². The van der Waals surface area contributed by atoms with Crippen LogP contribution in [0.5, 0.6) is 0 Å². The molecule has 8 heteroatoms. The van der Waals surface area contributed by atoms with E-state index in [1.54, 1.807) is 12.1 Å². The lowest BCUT2D eigenvalue weighted by atomic mass is 10.1. The van der Waals surface area contributed by atoms with Crippen molar-refractivity contribution < 1.29 is 9.59 Å². The molecule has 0 saturated heterocycles. The number of hydrogen-bond donors (Lipinski definition) is 3. The summed E-state index contributed by atoms with van der Waals surface area (Å²) in [6, 6.07) is 4.09. The van der Waals surface area contributed by atoms with Crippen molar-refractivity contribution in [1.82, 2.24) is 5.32 Å². The molecule has 0 spiro atoms. The molecule has 1 rings (SSSR count). The van der Waals surface area contributed by atoms with Crippen LogP contribution in [0.3, 0.4) is 0 Å². The third-order valence-electron chi connectivity index (χ3n) is 2.65. The van der Waals surface area contributed by atoms with E-state index >= 15 is 0 Å². The van der Waals surface area contributed by atoms with Gasteiger partial charge in [-0.2, -0.15) is 0 Å². The molecular formula is C13H18Cl3N3O2. The van der Waals surface area contributed by atoms with Crippen molar-refractivity contribution in [3.63, 3.8) is 0 Å². The lowest BCUT2D eigenvalue weighted by Crippen LogP contribution is -2.46. The van der Waals surface area contributed by atoms with Crippen molar-refractivity contribution >= 4 is 53.1 Å². The number of amides is 2. The first-order valence-corrected chi connectivity index (χ1v) is 6.85. The van der Waals surface area contributed by atoms with Gasteiger partial charge in [0.05, 0.1) is 22.6 Å². The number of benzene rings is 1. The first-order valence-electron chi connectivity index (χ1n) is 6.09. The normalized spacial score (nSPS) is 11.5. The van der Waals surface area contributed by atoms with Crippen molar-refractivity contribution in [2.24, 2.45) is 11.7 Å². The van der Waals surface area contributed by atoms with Crippen molar-refractivity contribution in [2.75, 3.05) is 11.9 Å². The van der Waals surface area contributed by atoms with Gasteiger partial charge in [0, 0.05) is 5.69 Å². The summed E-state index contributed by atoms with van der Waals surface area (Å²) in [6.45, 7) is 3.51. The van der Waals surface area contributed by atoms with Crippen molar-refractivity contribution in [1.29, 1.82) is 0 Å². The Morgan fingerprint density at radius 1 is 1.24 bits per heavy atom. The number of anilines is 1. The van der Waals surface area contributed by atoms with E-state index < -0.39 is 6.04 Å².